The lowest BCUT2D eigenvalue weighted by atomic mass is 10.1. The van der Waals surface area contributed by atoms with Gasteiger partial charge >= 0.3 is 0 Å². The van der Waals surface area contributed by atoms with E-state index in [9.17, 15) is 4.39 Å². The fourth-order valence-corrected chi connectivity index (χ4v) is 3.30. The summed E-state index contributed by atoms with van der Waals surface area (Å²) in [6.45, 7) is 5.84. The first kappa shape index (κ1) is 18.0. The van der Waals surface area contributed by atoms with Crippen molar-refractivity contribution < 1.29 is 9.13 Å². The molecular weight excluding hydrogens is 319 g/mol. The van der Waals surface area contributed by atoms with Gasteiger partial charge in [0.1, 0.15) is 6.10 Å². The van der Waals surface area contributed by atoms with Gasteiger partial charge in [0, 0.05) is 26.2 Å². The normalized spacial score (nSPS) is 22.7. The molecule has 2 unspecified atom stereocenters. The Morgan fingerprint density at radius 3 is 2.84 bits per heavy atom. The van der Waals surface area contributed by atoms with Gasteiger partial charge in [0.25, 0.3) is 0 Å². The molecule has 1 aliphatic carbocycles. The summed E-state index contributed by atoms with van der Waals surface area (Å²) in [6, 6.07) is 7.34. The Kier molecular flexibility index (Phi) is 6.13. The van der Waals surface area contributed by atoms with Crippen molar-refractivity contribution in [3.8, 4) is 5.75 Å². The lowest BCUT2D eigenvalue weighted by Crippen LogP contribution is -2.43. The molecule has 6 heteroatoms. The molecule has 1 saturated heterocycles. The molecule has 1 aliphatic heterocycles. The van der Waals surface area contributed by atoms with Crippen LogP contribution in [0, 0.1) is 11.7 Å². The summed E-state index contributed by atoms with van der Waals surface area (Å²) < 4.78 is 19.3. The minimum atomic E-state index is -0.335. The van der Waals surface area contributed by atoms with Crippen LogP contribution in [0.4, 0.5) is 4.39 Å². The summed E-state index contributed by atoms with van der Waals surface area (Å²) in [5, 5.41) is 6.66. The van der Waals surface area contributed by atoms with E-state index in [0.29, 0.717) is 12.5 Å². The molecule has 2 fully saturated rings. The molecule has 2 N–H and O–H groups in total. The van der Waals surface area contributed by atoms with Crippen molar-refractivity contribution >= 4 is 5.96 Å². The minimum Gasteiger partial charge on any atom is -0.486 e. The first-order chi connectivity index (χ1) is 12.2. The lowest BCUT2D eigenvalue weighted by molar-refractivity contribution is 0.214. The highest BCUT2D eigenvalue weighted by molar-refractivity contribution is 5.79. The molecule has 2 aliphatic rings. The Bertz CT molecular complexity index is 591. The molecule has 0 bridgehead atoms. The van der Waals surface area contributed by atoms with Gasteiger partial charge in [-0.05, 0) is 50.8 Å². The van der Waals surface area contributed by atoms with Crippen LogP contribution in [-0.4, -0.2) is 56.2 Å². The summed E-state index contributed by atoms with van der Waals surface area (Å²) in [7, 11) is 1.77. The van der Waals surface area contributed by atoms with E-state index in [0.717, 1.165) is 18.5 Å². The maximum Gasteiger partial charge on any atom is 0.191 e. The Labute approximate surface area is 149 Å². The van der Waals surface area contributed by atoms with Crippen LogP contribution in [0.15, 0.2) is 29.3 Å². The maximum atomic E-state index is 13.6. The highest BCUT2D eigenvalue weighted by Gasteiger charge is 2.34. The van der Waals surface area contributed by atoms with Gasteiger partial charge in [-0.1, -0.05) is 12.1 Å². The Morgan fingerprint density at radius 2 is 2.12 bits per heavy atom. The molecule has 3 rings (SSSR count). The third-order valence-corrected chi connectivity index (χ3v) is 4.88. The van der Waals surface area contributed by atoms with E-state index in [4.69, 9.17) is 4.74 Å². The number of aliphatic imine (C=N–C) groups is 1. The van der Waals surface area contributed by atoms with Crippen LogP contribution in [0.25, 0.3) is 0 Å². The molecule has 138 valence electrons. The topological polar surface area (TPSA) is 48.9 Å². The predicted octanol–water partition coefficient (Wildman–Crippen LogP) is 2.24. The van der Waals surface area contributed by atoms with Crippen molar-refractivity contribution in [3.05, 3.63) is 30.1 Å². The zero-order valence-electron chi connectivity index (χ0n) is 15.2. The number of guanidine groups is 1. The van der Waals surface area contributed by atoms with Crippen molar-refractivity contribution in [2.45, 2.75) is 38.3 Å². The molecule has 1 aromatic carbocycles. The quantitative estimate of drug-likeness (QED) is 0.586. The average molecular weight is 348 g/mol. The second kappa shape index (κ2) is 8.52. The van der Waals surface area contributed by atoms with Crippen molar-refractivity contribution in [3.63, 3.8) is 0 Å². The zero-order valence-corrected chi connectivity index (χ0v) is 15.2. The maximum absolute atomic E-state index is 13.6. The molecule has 25 heavy (non-hydrogen) atoms. The zero-order chi connectivity index (χ0) is 17.6. The second-order valence-corrected chi connectivity index (χ2v) is 7.07. The van der Waals surface area contributed by atoms with E-state index in [1.165, 1.54) is 38.4 Å². The highest BCUT2D eigenvalue weighted by Crippen LogP contribution is 2.31. The number of ether oxygens (including phenoxy) is 1. The number of halogens is 1. The van der Waals surface area contributed by atoms with Crippen LogP contribution in [0.5, 0.6) is 5.75 Å². The van der Waals surface area contributed by atoms with E-state index in [1.54, 1.807) is 25.2 Å². The summed E-state index contributed by atoms with van der Waals surface area (Å²) in [5.41, 5.74) is 0. The highest BCUT2D eigenvalue weighted by atomic mass is 19.1. The summed E-state index contributed by atoms with van der Waals surface area (Å²) >= 11 is 0. The summed E-state index contributed by atoms with van der Waals surface area (Å²) in [5.74, 6) is 1.41. The van der Waals surface area contributed by atoms with Gasteiger partial charge in [0.15, 0.2) is 17.5 Å². The van der Waals surface area contributed by atoms with E-state index in [1.807, 2.05) is 6.92 Å². The van der Waals surface area contributed by atoms with Crippen molar-refractivity contribution in [2.75, 3.05) is 33.2 Å². The predicted molar refractivity (Wildman–Crippen MR) is 98.6 cm³/mol. The van der Waals surface area contributed by atoms with Gasteiger partial charge in [-0.2, -0.15) is 0 Å². The van der Waals surface area contributed by atoms with Crippen molar-refractivity contribution in [1.29, 1.82) is 0 Å². The standard InChI is InChI=1S/C19H29FN4O/c1-14(25-18-6-4-3-5-17(18)20)11-22-19(21-2)23-12-15-9-10-24(13-15)16-7-8-16/h3-6,14-16H,7-13H2,1-2H3,(H2,21,22,23). The first-order valence-electron chi connectivity index (χ1n) is 9.25. The summed E-state index contributed by atoms with van der Waals surface area (Å²) in [4.78, 5) is 6.88. The number of likely N-dealkylation sites (tertiary alicyclic amines) is 1. The SMILES string of the molecule is CN=C(NCC1CCN(C2CC2)C1)NCC(C)Oc1ccccc1F. The van der Waals surface area contributed by atoms with Crippen LogP contribution >= 0.6 is 0 Å². The van der Waals surface area contributed by atoms with Gasteiger partial charge in [-0.15, -0.1) is 0 Å². The molecule has 1 saturated carbocycles. The van der Waals surface area contributed by atoms with Gasteiger partial charge in [0.2, 0.25) is 0 Å². The smallest absolute Gasteiger partial charge is 0.191 e. The monoisotopic (exact) mass is 348 g/mol. The number of hydrogen-bond acceptors (Lipinski definition) is 3. The van der Waals surface area contributed by atoms with Gasteiger partial charge in [-0.3, -0.25) is 4.99 Å². The molecule has 5 nitrogen and oxygen atoms in total. The van der Waals surface area contributed by atoms with Crippen LogP contribution in [0.2, 0.25) is 0 Å². The molecule has 0 spiro atoms. The van der Waals surface area contributed by atoms with Crippen molar-refractivity contribution in [1.82, 2.24) is 15.5 Å². The molecular formula is C19H29FN4O. The number of rotatable bonds is 7. The largest absolute Gasteiger partial charge is 0.486 e. The fourth-order valence-electron chi connectivity index (χ4n) is 3.30. The second-order valence-electron chi connectivity index (χ2n) is 7.07. The first-order valence-corrected chi connectivity index (χ1v) is 9.25. The molecule has 0 radical (unpaired) electrons. The van der Waals surface area contributed by atoms with Crippen LogP contribution < -0.4 is 15.4 Å². The molecule has 0 amide bonds. The Hall–Kier alpha value is -1.82. The Balaban J connectivity index is 1.36. The third-order valence-electron chi connectivity index (χ3n) is 4.88. The van der Waals surface area contributed by atoms with Gasteiger partial charge < -0.3 is 20.3 Å². The average Bonchev–Trinajstić information content (AvgIpc) is 3.36. The molecule has 2 atom stereocenters. The van der Waals surface area contributed by atoms with Gasteiger partial charge in [-0.25, -0.2) is 4.39 Å². The van der Waals surface area contributed by atoms with E-state index < -0.39 is 0 Å². The van der Waals surface area contributed by atoms with E-state index >= 15 is 0 Å². The number of hydrogen-bond donors (Lipinski definition) is 2. The van der Waals surface area contributed by atoms with Crippen LogP contribution in [0.3, 0.4) is 0 Å². The number of nitrogens with one attached hydrogen (secondary N) is 2. The number of nitrogens with zero attached hydrogens (tertiary/aromatic N) is 2. The van der Waals surface area contributed by atoms with Crippen LogP contribution in [-0.2, 0) is 0 Å². The summed E-state index contributed by atoms with van der Waals surface area (Å²) in [6.07, 6.45) is 3.85. The number of benzene rings is 1. The van der Waals surface area contributed by atoms with Crippen molar-refractivity contribution in [2.24, 2.45) is 10.9 Å². The molecule has 1 aromatic rings. The molecule has 0 aromatic heterocycles. The third kappa shape index (κ3) is 5.33. The molecule has 1 heterocycles. The number of para-hydroxylation sites is 1. The van der Waals surface area contributed by atoms with E-state index in [2.05, 4.69) is 20.5 Å². The fraction of sp³-hybridized carbons (Fsp3) is 0.632. The van der Waals surface area contributed by atoms with E-state index in [-0.39, 0.29) is 17.7 Å². The lowest BCUT2D eigenvalue weighted by Gasteiger charge is -2.19. The van der Waals surface area contributed by atoms with Crippen LogP contribution in [0.1, 0.15) is 26.2 Å². The van der Waals surface area contributed by atoms with Gasteiger partial charge in [0.05, 0.1) is 6.54 Å². The minimum absolute atomic E-state index is 0.160. The Morgan fingerprint density at radius 1 is 1.32 bits per heavy atom.